The Morgan fingerprint density at radius 1 is 1.09 bits per heavy atom. The number of amides is 2. The molecule has 4 heterocycles. The van der Waals surface area contributed by atoms with E-state index < -0.39 is 0 Å². The Morgan fingerprint density at radius 3 is 2.71 bits per heavy atom. The van der Waals surface area contributed by atoms with Gasteiger partial charge < -0.3 is 15.1 Å². The first-order valence-corrected chi connectivity index (χ1v) is 13.1. The van der Waals surface area contributed by atoms with Crippen molar-refractivity contribution in [2.75, 3.05) is 30.4 Å². The molecule has 172 valence electrons. The summed E-state index contributed by atoms with van der Waals surface area (Å²) in [6.07, 6.45) is 1.16. The molecule has 2 amide bonds. The van der Waals surface area contributed by atoms with Crippen molar-refractivity contribution >= 4 is 55.4 Å². The zero-order chi connectivity index (χ0) is 23.2. The number of rotatable bonds is 4. The molecule has 0 radical (unpaired) electrons. The zero-order valence-electron chi connectivity index (χ0n) is 18.8. The number of carbonyl (C=O) groups is 2. The molecule has 6 nitrogen and oxygen atoms in total. The topological polar surface area (TPSA) is 65.5 Å². The fourth-order valence-corrected chi connectivity index (χ4v) is 7.22. The van der Waals surface area contributed by atoms with Crippen molar-refractivity contribution in [1.29, 1.82) is 0 Å². The smallest absolute Gasteiger partial charge is 0.230 e. The van der Waals surface area contributed by atoms with Gasteiger partial charge >= 0.3 is 0 Å². The molecule has 2 aromatic heterocycles. The van der Waals surface area contributed by atoms with E-state index in [0.29, 0.717) is 6.54 Å². The molecule has 4 aromatic rings. The minimum Gasteiger partial charge on any atom is -0.317 e. The van der Waals surface area contributed by atoms with Gasteiger partial charge in [-0.3, -0.25) is 9.59 Å². The molecule has 0 saturated carbocycles. The Morgan fingerprint density at radius 2 is 1.88 bits per heavy atom. The summed E-state index contributed by atoms with van der Waals surface area (Å²) in [6.45, 7) is 2.26. The molecule has 34 heavy (non-hydrogen) atoms. The van der Waals surface area contributed by atoms with Gasteiger partial charge in [0.05, 0.1) is 16.1 Å². The Hall–Kier alpha value is -3.07. The van der Waals surface area contributed by atoms with E-state index in [2.05, 4.69) is 23.3 Å². The van der Waals surface area contributed by atoms with Crippen molar-refractivity contribution in [2.24, 2.45) is 5.92 Å². The SMILES string of the molecule is CN1CCc2c(sc(NC(=O)C3CC(=O)N(c4ccccc4)C3)c2-c2nc3ccccc3s2)C1. The van der Waals surface area contributed by atoms with Gasteiger partial charge in [-0.25, -0.2) is 4.98 Å². The van der Waals surface area contributed by atoms with Crippen LogP contribution in [0.1, 0.15) is 16.9 Å². The summed E-state index contributed by atoms with van der Waals surface area (Å²) in [5, 5.41) is 5.02. The van der Waals surface area contributed by atoms with Crippen LogP contribution >= 0.6 is 22.7 Å². The van der Waals surface area contributed by atoms with E-state index in [4.69, 9.17) is 4.98 Å². The number of hydrogen-bond acceptors (Lipinski definition) is 6. The molecule has 1 fully saturated rings. The predicted molar refractivity (Wildman–Crippen MR) is 139 cm³/mol. The summed E-state index contributed by atoms with van der Waals surface area (Å²) in [5.41, 5.74) is 4.18. The van der Waals surface area contributed by atoms with Crippen LogP contribution in [0.2, 0.25) is 0 Å². The Labute approximate surface area is 205 Å². The van der Waals surface area contributed by atoms with Crippen molar-refractivity contribution in [3.05, 3.63) is 65.0 Å². The summed E-state index contributed by atoms with van der Waals surface area (Å²) in [7, 11) is 2.13. The third-order valence-corrected chi connectivity index (χ3v) is 8.74. The Balaban J connectivity index is 1.32. The monoisotopic (exact) mass is 488 g/mol. The largest absolute Gasteiger partial charge is 0.317 e. The first kappa shape index (κ1) is 21.5. The zero-order valence-corrected chi connectivity index (χ0v) is 20.4. The lowest BCUT2D eigenvalue weighted by Crippen LogP contribution is -2.28. The molecular weight excluding hydrogens is 464 g/mol. The number of fused-ring (bicyclic) bond motifs is 2. The molecule has 2 aliphatic heterocycles. The lowest BCUT2D eigenvalue weighted by molar-refractivity contribution is -0.122. The summed E-state index contributed by atoms with van der Waals surface area (Å²) in [4.78, 5) is 36.2. The summed E-state index contributed by atoms with van der Waals surface area (Å²) >= 11 is 3.32. The van der Waals surface area contributed by atoms with Gasteiger partial charge in [0, 0.05) is 42.2 Å². The van der Waals surface area contributed by atoms with Gasteiger partial charge in [-0.15, -0.1) is 22.7 Å². The lowest BCUT2D eigenvalue weighted by Gasteiger charge is -2.22. The standard InChI is InChI=1S/C26H24N4O2S2/c1-29-12-11-18-21(15-29)34-26(23(18)25-27-19-9-5-6-10-20(19)33-25)28-24(32)16-13-22(31)30(14-16)17-7-3-2-4-8-17/h2-10,16H,11-15H2,1H3,(H,28,32). The third kappa shape index (κ3) is 3.81. The highest BCUT2D eigenvalue weighted by molar-refractivity contribution is 7.22. The second kappa shape index (κ2) is 8.61. The number of carbonyl (C=O) groups excluding carboxylic acids is 2. The van der Waals surface area contributed by atoms with Crippen LogP contribution in [0.25, 0.3) is 20.8 Å². The minimum atomic E-state index is -0.377. The molecule has 2 aromatic carbocycles. The number of aromatic nitrogens is 1. The lowest BCUT2D eigenvalue weighted by atomic mass is 10.0. The van der Waals surface area contributed by atoms with Crippen molar-refractivity contribution in [3.8, 4) is 10.6 Å². The van der Waals surface area contributed by atoms with Crippen LogP contribution in [0, 0.1) is 5.92 Å². The quantitative estimate of drug-likeness (QED) is 0.439. The van der Waals surface area contributed by atoms with Crippen molar-refractivity contribution in [3.63, 3.8) is 0 Å². The average molecular weight is 489 g/mol. The first-order valence-electron chi connectivity index (χ1n) is 11.4. The Bertz CT molecular complexity index is 1360. The second-order valence-corrected chi connectivity index (χ2v) is 11.0. The fraction of sp³-hybridized carbons (Fsp3) is 0.269. The number of nitrogens with one attached hydrogen (secondary N) is 1. The summed E-state index contributed by atoms with van der Waals surface area (Å²) in [5.74, 6) is -0.483. The number of para-hydroxylation sites is 2. The van der Waals surface area contributed by atoms with Gasteiger partial charge in [-0.05, 0) is 43.3 Å². The maximum absolute atomic E-state index is 13.4. The fourth-order valence-electron chi connectivity index (χ4n) is 4.78. The number of hydrogen-bond donors (Lipinski definition) is 1. The maximum atomic E-state index is 13.4. The predicted octanol–water partition coefficient (Wildman–Crippen LogP) is 5.00. The van der Waals surface area contributed by atoms with E-state index in [1.165, 1.54) is 10.4 Å². The van der Waals surface area contributed by atoms with E-state index in [9.17, 15) is 9.59 Å². The normalized spacial score (nSPS) is 18.4. The second-order valence-electron chi connectivity index (χ2n) is 8.91. The first-order chi connectivity index (χ1) is 16.6. The summed E-state index contributed by atoms with van der Waals surface area (Å²) < 4.78 is 1.14. The Kier molecular flexibility index (Phi) is 5.44. The number of benzene rings is 2. The van der Waals surface area contributed by atoms with Crippen molar-refractivity contribution < 1.29 is 9.59 Å². The van der Waals surface area contributed by atoms with Crippen molar-refractivity contribution in [2.45, 2.75) is 19.4 Å². The van der Waals surface area contributed by atoms with Crippen LogP contribution < -0.4 is 10.2 Å². The van der Waals surface area contributed by atoms with Crippen LogP contribution in [0.4, 0.5) is 10.7 Å². The van der Waals surface area contributed by atoms with Crippen LogP contribution in [0.5, 0.6) is 0 Å². The molecule has 1 atom stereocenters. The molecular formula is C26H24N4O2S2. The van der Waals surface area contributed by atoms with Gasteiger partial charge in [0.1, 0.15) is 10.0 Å². The molecule has 2 aliphatic rings. The van der Waals surface area contributed by atoms with E-state index in [-0.39, 0.29) is 24.2 Å². The van der Waals surface area contributed by atoms with E-state index >= 15 is 0 Å². The van der Waals surface area contributed by atoms with Crippen LogP contribution in [0.3, 0.4) is 0 Å². The highest BCUT2D eigenvalue weighted by Gasteiger charge is 2.36. The van der Waals surface area contributed by atoms with Crippen LogP contribution in [-0.4, -0.2) is 41.8 Å². The number of nitrogens with zero attached hydrogens (tertiary/aromatic N) is 3. The molecule has 0 bridgehead atoms. The number of likely N-dealkylation sites (N-methyl/N-ethyl adjacent to an activating group) is 1. The van der Waals surface area contributed by atoms with Crippen LogP contribution in [0.15, 0.2) is 54.6 Å². The molecule has 1 saturated heterocycles. The van der Waals surface area contributed by atoms with Crippen molar-refractivity contribution in [1.82, 2.24) is 9.88 Å². The summed E-state index contributed by atoms with van der Waals surface area (Å²) in [6, 6.07) is 17.7. The van der Waals surface area contributed by atoms with E-state index in [0.717, 1.165) is 51.0 Å². The molecule has 1 unspecified atom stereocenters. The maximum Gasteiger partial charge on any atom is 0.230 e. The van der Waals surface area contributed by atoms with E-state index in [1.807, 2.05) is 48.5 Å². The highest BCUT2D eigenvalue weighted by Crippen LogP contribution is 2.45. The van der Waals surface area contributed by atoms with Crippen LogP contribution in [-0.2, 0) is 22.6 Å². The highest BCUT2D eigenvalue weighted by atomic mass is 32.1. The van der Waals surface area contributed by atoms with Gasteiger partial charge in [-0.1, -0.05) is 30.3 Å². The third-order valence-electron chi connectivity index (χ3n) is 6.56. The van der Waals surface area contributed by atoms with Gasteiger partial charge in [0.25, 0.3) is 0 Å². The molecule has 6 rings (SSSR count). The molecule has 8 heteroatoms. The van der Waals surface area contributed by atoms with Gasteiger partial charge in [0.15, 0.2) is 0 Å². The number of thiazole rings is 1. The van der Waals surface area contributed by atoms with Gasteiger partial charge in [0.2, 0.25) is 11.8 Å². The molecule has 0 spiro atoms. The average Bonchev–Trinajstić information content (AvgIpc) is 3.53. The van der Waals surface area contributed by atoms with E-state index in [1.54, 1.807) is 27.6 Å². The molecule has 1 N–H and O–H groups in total. The molecule has 0 aliphatic carbocycles. The minimum absolute atomic E-state index is 0.00940. The number of thiophene rings is 1. The number of anilines is 2. The van der Waals surface area contributed by atoms with Gasteiger partial charge in [-0.2, -0.15) is 0 Å².